The topological polar surface area (TPSA) is 115 Å². The highest BCUT2D eigenvalue weighted by Gasteiger charge is 2.43. The van der Waals surface area contributed by atoms with E-state index in [1.165, 1.54) is 23.2 Å². The number of rotatable bonds is 6. The van der Waals surface area contributed by atoms with Crippen LogP contribution in [0.15, 0.2) is 90.5 Å². The van der Waals surface area contributed by atoms with Crippen LogP contribution in [0.3, 0.4) is 0 Å². The average Bonchev–Trinajstić information content (AvgIpc) is 3.24. The second-order valence-corrected chi connectivity index (χ2v) is 7.76. The lowest BCUT2D eigenvalue weighted by Gasteiger charge is -2.22. The fourth-order valence-electron chi connectivity index (χ4n) is 3.47. The van der Waals surface area contributed by atoms with Gasteiger partial charge in [0.1, 0.15) is 16.7 Å². The smallest absolute Gasteiger partial charge is 0.418 e. The molecule has 1 aliphatic heterocycles. The van der Waals surface area contributed by atoms with E-state index in [1.807, 2.05) is 0 Å². The number of amides is 1. The lowest BCUT2D eigenvalue weighted by Crippen LogP contribution is -2.36. The first-order chi connectivity index (χ1) is 16.9. The third kappa shape index (κ3) is 5.74. The highest BCUT2D eigenvalue weighted by atomic mass is 35.5. The lowest BCUT2D eigenvalue weighted by atomic mass is 10.2. The van der Waals surface area contributed by atoms with Crippen molar-refractivity contribution in [3.05, 3.63) is 111 Å². The molecule has 0 aliphatic carbocycles. The van der Waals surface area contributed by atoms with Crippen molar-refractivity contribution in [1.29, 1.82) is 0 Å². The molecular weight excluding hydrogens is 476 g/mol. The van der Waals surface area contributed by atoms with Gasteiger partial charge < -0.3 is 14.4 Å². The Labute approximate surface area is 205 Å². The van der Waals surface area contributed by atoms with Crippen molar-refractivity contribution in [3.63, 3.8) is 0 Å². The maximum atomic E-state index is 13.0. The second kappa shape index (κ2) is 10.7. The SMILES string of the molecule is O=C(Oc1ccccc1)/C(=C1\N(Cc2ccc(Cl)nc2)CCN1C(=O)Oc1ccccc1)[N+](=O)[O-]. The summed E-state index contributed by atoms with van der Waals surface area (Å²) < 4.78 is 10.6. The molecule has 0 bridgehead atoms. The molecule has 0 N–H and O–H groups in total. The minimum absolute atomic E-state index is 0.0535. The van der Waals surface area contributed by atoms with E-state index in [-0.39, 0.29) is 42.1 Å². The van der Waals surface area contributed by atoms with Crippen molar-refractivity contribution in [3.8, 4) is 11.5 Å². The fraction of sp³-hybridized carbons (Fsp3) is 0.125. The minimum Gasteiger partial charge on any atom is -0.418 e. The molecule has 0 saturated carbocycles. The molecule has 4 rings (SSSR count). The molecule has 178 valence electrons. The van der Waals surface area contributed by atoms with Crippen LogP contribution in [0.25, 0.3) is 0 Å². The van der Waals surface area contributed by atoms with Crippen LogP contribution in [-0.4, -0.2) is 44.9 Å². The molecule has 2 heterocycles. The van der Waals surface area contributed by atoms with E-state index in [2.05, 4.69) is 4.98 Å². The maximum Gasteiger partial charge on any atom is 0.421 e. The number of halogens is 1. The fourth-order valence-corrected chi connectivity index (χ4v) is 3.58. The Balaban J connectivity index is 1.71. The molecule has 0 unspecified atom stereocenters. The van der Waals surface area contributed by atoms with Gasteiger partial charge >= 0.3 is 17.8 Å². The molecule has 1 saturated heterocycles. The van der Waals surface area contributed by atoms with Gasteiger partial charge in [-0.3, -0.25) is 15.0 Å². The quantitative estimate of drug-likeness (QED) is 0.126. The predicted octanol–water partition coefficient (Wildman–Crippen LogP) is 4.10. The van der Waals surface area contributed by atoms with E-state index in [0.29, 0.717) is 5.56 Å². The third-order valence-corrected chi connectivity index (χ3v) is 5.24. The molecule has 1 aromatic heterocycles. The number of hydrogen-bond acceptors (Lipinski definition) is 8. The zero-order valence-corrected chi connectivity index (χ0v) is 19.0. The first kappa shape index (κ1) is 23.7. The van der Waals surface area contributed by atoms with Crippen LogP contribution in [-0.2, 0) is 11.3 Å². The lowest BCUT2D eigenvalue weighted by molar-refractivity contribution is -0.423. The molecular formula is C24H19ClN4O6. The highest BCUT2D eigenvalue weighted by Crippen LogP contribution is 2.28. The number of hydrogen-bond donors (Lipinski definition) is 0. The summed E-state index contributed by atoms with van der Waals surface area (Å²) >= 11 is 5.86. The number of ether oxygens (including phenoxy) is 2. The Hall–Kier alpha value is -4.44. The summed E-state index contributed by atoms with van der Waals surface area (Å²) in [4.78, 5) is 43.8. The first-order valence-electron chi connectivity index (χ1n) is 10.5. The molecule has 0 spiro atoms. The Morgan fingerprint density at radius 3 is 2.14 bits per heavy atom. The highest BCUT2D eigenvalue weighted by molar-refractivity contribution is 6.29. The van der Waals surface area contributed by atoms with Crippen molar-refractivity contribution in [1.82, 2.24) is 14.8 Å². The molecule has 1 amide bonds. The summed E-state index contributed by atoms with van der Waals surface area (Å²) in [6.45, 7) is 0.389. The Morgan fingerprint density at radius 2 is 1.57 bits per heavy atom. The zero-order valence-electron chi connectivity index (χ0n) is 18.2. The van der Waals surface area contributed by atoms with Gasteiger partial charge in [0.25, 0.3) is 0 Å². The van der Waals surface area contributed by atoms with Gasteiger partial charge in [0.05, 0.1) is 4.92 Å². The largest absolute Gasteiger partial charge is 0.421 e. The van der Waals surface area contributed by atoms with E-state index in [9.17, 15) is 19.7 Å². The van der Waals surface area contributed by atoms with Crippen molar-refractivity contribution in [2.75, 3.05) is 13.1 Å². The number of benzene rings is 2. The molecule has 1 aliphatic rings. The molecule has 1 fully saturated rings. The number of nitrogens with zero attached hydrogens (tertiary/aromatic N) is 4. The second-order valence-electron chi connectivity index (χ2n) is 7.38. The van der Waals surface area contributed by atoms with Crippen molar-refractivity contribution < 1.29 is 24.0 Å². The predicted molar refractivity (Wildman–Crippen MR) is 125 cm³/mol. The van der Waals surface area contributed by atoms with Gasteiger partial charge in [0.15, 0.2) is 0 Å². The van der Waals surface area contributed by atoms with Crippen LogP contribution in [0.2, 0.25) is 5.15 Å². The van der Waals surface area contributed by atoms with Gasteiger partial charge in [0, 0.05) is 25.8 Å². The maximum absolute atomic E-state index is 13.0. The molecule has 2 aromatic carbocycles. The van der Waals surface area contributed by atoms with Gasteiger partial charge in [-0.05, 0) is 35.9 Å². The summed E-state index contributed by atoms with van der Waals surface area (Å²) in [5, 5.41) is 12.4. The van der Waals surface area contributed by atoms with Gasteiger partial charge in [0.2, 0.25) is 5.82 Å². The number of para-hydroxylation sites is 2. The van der Waals surface area contributed by atoms with E-state index in [0.717, 1.165) is 4.90 Å². The average molecular weight is 495 g/mol. The van der Waals surface area contributed by atoms with E-state index in [1.54, 1.807) is 60.7 Å². The first-order valence-corrected chi connectivity index (χ1v) is 10.9. The molecule has 3 aromatic rings. The third-order valence-electron chi connectivity index (χ3n) is 5.02. The van der Waals surface area contributed by atoms with E-state index in [4.69, 9.17) is 21.1 Å². The number of pyridine rings is 1. The zero-order chi connectivity index (χ0) is 24.8. The Kier molecular flexibility index (Phi) is 7.22. The van der Waals surface area contributed by atoms with Crippen LogP contribution < -0.4 is 9.47 Å². The van der Waals surface area contributed by atoms with Crippen LogP contribution in [0.4, 0.5) is 4.79 Å². The number of carbonyl (C=O) groups excluding carboxylic acids is 2. The van der Waals surface area contributed by atoms with Crippen LogP contribution in [0.1, 0.15) is 5.56 Å². The van der Waals surface area contributed by atoms with Gasteiger partial charge in [-0.25, -0.2) is 14.6 Å². The molecule has 0 radical (unpaired) electrons. The monoisotopic (exact) mass is 494 g/mol. The van der Waals surface area contributed by atoms with Crippen LogP contribution >= 0.6 is 11.6 Å². The molecule has 35 heavy (non-hydrogen) atoms. The standard InChI is InChI=1S/C24H19ClN4O6/c25-20-12-11-17(15-26-20)16-27-13-14-28(24(31)35-19-9-5-2-6-10-19)22(27)21(29(32)33)23(30)34-18-7-3-1-4-8-18/h1-12,15H,13-14,16H2/b22-21-. The van der Waals surface area contributed by atoms with Gasteiger partial charge in [-0.15, -0.1) is 0 Å². The van der Waals surface area contributed by atoms with Crippen molar-refractivity contribution >= 4 is 23.7 Å². The van der Waals surface area contributed by atoms with E-state index < -0.39 is 22.7 Å². The Morgan fingerprint density at radius 1 is 0.943 bits per heavy atom. The van der Waals surface area contributed by atoms with Crippen molar-refractivity contribution in [2.24, 2.45) is 0 Å². The number of esters is 1. The number of aromatic nitrogens is 1. The van der Waals surface area contributed by atoms with Crippen LogP contribution in [0, 0.1) is 10.1 Å². The summed E-state index contributed by atoms with van der Waals surface area (Å²) in [6.07, 6.45) is 0.647. The summed E-state index contributed by atoms with van der Waals surface area (Å²) in [7, 11) is 0. The normalized spacial score (nSPS) is 14.4. The van der Waals surface area contributed by atoms with E-state index >= 15 is 0 Å². The molecule has 0 atom stereocenters. The number of carbonyl (C=O) groups is 2. The number of nitro groups is 1. The minimum atomic E-state index is -1.21. The Bertz CT molecular complexity index is 1250. The van der Waals surface area contributed by atoms with Gasteiger partial charge in [-0.2, -0.15) is 0 Å². The summed E-state index contributed by atoms with van der Waals surface area (Å²) in [6, 6.07) is 19.5. The summed E-state index contributed by atoms with van der Waals surface area (Å²) in [5.41, 5.74) is -0.220. The molecule has 11 heteroatoms. The molecule has 10 nitrogen and oxygen atoms in total. The van der Waals surface area contributed by atoms with Gasteiger partial charge in [-0.1, -0.05) is 54.1 Å². The van der Waals surface area contributed by atoms with Crippen molar-refractivity contribution in [2.45, 2.75) is 6.54 Å². The summed E-state index contributed by atoms with van der Waals surface area (Å²) in [5.74, 6) is -1.06. The van der Waals surface area contributed by atoms with Crippen LogP contribution in [0.5, 0.6) is 11.5 Å².